The molecule has 2 nitrogen and oxygen atoms in total. The highest BCUT2D eigenvalue weighted by atomic mass is 79.9. The van der Waals surface area contributed by atoms with Crippen LogP contribution in [0, 0.1) is 5.41 Å². The molecule has 1 saturated heterocycles. The van der Waals surface area contributed by atoms with Crippen LogP contribution in [-0.2, 0) is 4.74 Å². The third kappa shape index (κ3) is 2.65. The summed E-state index contributed by atoms with van der Waals surface area (Å²) in [6.45, 7) is 4.55. The first-order valence-corrected chi connectivity index (χ1v) is 6.51. The minimum Gasteiger partial charge on any atom is -0.382 e. The Bertz CT molecular complexity index is 384. The molecule has 0 unspecified atom stereocenters. The van der Waals surface area contributed by atoms with Crippen LogP contribution in [0.2, 0.25) is 10.0 Å². The fourth-order valence-corrected chi connectivity index (χ4v) is 2.91. The highest BCUT2D eigenvalue weighted by Crippen LogP contribution is 2.35. The van der Waals surface area contributed by atoms with Crippen molar-refractivity contribution in [3.05, 3.63) is 26.7 Å². The molecule has 0 bridgehead atoms. The second-order valence-corrected chi connectivity index (χ2v) is 6.13. The van der Waals surface area contributed by atoms with Gasteiger partial charge in [0.15, 0.2) is 0 Å². The average Bonchev–Trinajstić information content (AvgIpc) is 2.13. The summed E-state index contributed by atoms with van der Waals surface area (Å²) in [5.74, 6) is 0. The van der Waals surface area contributed by atoms with Gasteiger partial charge in [-0.1, -0.05) is 46.1 Å². The number of nitrogens with one attached hydrogen (secondary N) is 1. The maximum Gasteiger partial charge on any atom is 0.0719 e. The Balaban J connectivity index is 2.09. The number of hydrogen-bond donors (Lipinski definition) is 1. The zero-order chi connectivity index (χ0) is 11.8. The predicted octanol–water partition coefficient (Wildman–Crippen LogP) is 4.20. The fourth-order valence-electron chi connectivity index (χ4n) is 1.57. The highest BCUT2D eigenvalue weighted by molar-refractivity contribution is 9.10. The third-order valence-corrected chi connectivity index (χ3v) is 3.65. The van der Waals surface area contributed by atoms with Crippen LogP contribution >= 0.6 is 39.1 Å². The molecule has 0 atom stereocenters. The van der Waals surface area contributed by atoms with Gasteiger partial charge in [0.05, 0.1) is 28.9 Å². The first-order chi connectivity index (χ1) is 7.50. The van der Waals surface area contributed by atoms with E-state index >= 15 is 0 Å². The minimum atomic E-state index is 0.194. The Labute approximate surface area is 113 Å². The van der Waals surface area contributed by atoms with Gasteiger partial charge in [-0.15, -0.1) is 0 Å². The first-order valence-electron chi connectivity index (χ1n) is 4.96. The van der Waals surface area contributed by atoms with E-state index in [9.17, 15) is 0 Å². The lowest BCUT2D eigenvalue weighted by atomic mass is 9.89. The van der Waals surface area contributed by atoms with E-state index in [4.69, 9.17) is 27.9 Å². The minimum absolute atomic E-state index is 0.194. The maximum atomic E-state index is 6.12. The van der Waals surface area contributed by atoms with Crippen molar-refractivity contribution in [2.75, 3.05) is 25.1 Å². The lowest BCUT2D eigenvalue weighted by molar-refractivity contribution is -0.0924. The monoisotopic (exact) mass is 323 g/mol. The molecular weight excluding hydrogens is 313 g/mol. The lowest BCUT2D eigenvalue weighted by Crippen LogP contribution is -2.45. The van der Waals surface area contributed by atoms with Gasteiger partial charge in [0.2, 0.25) is 0 Å². The molecule has 16 heavy (non-hydrogen) atoms. The van der Waals surface area contributed by atoms with Crippen molar-refractivity contribution < 1.29 is 4.74 Å². The Kier molecular flexibility index (Phi) is 3.69. The van der Waals surface area contributed by atoms with Gasteiger partial charge in [-0.25, -0.2) is 0 Å². The van der Waals surface area contributed by atoms with Crippen LogP contribution in [0.25, 0.3) is 0 Å². The predicted molar refractivity (Wildman–Crippen MR) is 71.6 cm³/mol. The van der Waals surface area contributed by atoms with Crippen LogP contribution in [-0.4, -0.2) is 19.8 Å². The summed E-state index contributed by atoms with van der Waals surface area (Å²) in [7, 11) is 0. The Morgan fingerprint density at radius 1 is 1.38 bits per heavy atom. The number of anilines is 1. The molecule has 1 N–H and O–H groups in total. The van der Waals surface area contributed by atoms with Gasteiger partial charge < -0.3 is 10.1 Å². The Morgan fingerprint density at radius 2 is 1.94 bits per heavy atom. The van der Waals surface area contributed by atoms with Gasteiger partial charge >= 0.3 is 0 Å². The van der Waals surface area contributed by atoms with Crippen molar-refractivity contribution in [3.63, 3.8) is 0 Å². The van der Waals surface area contributed by atoms with E-state index in [1.807, 2.05) is 12.1 Å². The number of hydrogen-bond acceptors (Lipinski definition) is 2. The van der Waals surface area contributed by atoms with Gasteiger partial charge in [-0.2, -0.15) is 0 Å². The molecule has 0 radical (unpaired) electrons. The SMILES string of the molecule is CC1(CNc2c(Cl)cc(Br)cc2Cl)COC1. The lowest BCUT2D eigenvalue weighted by Gasteiger charge is -2.38. The molecule has 0 aromatic heterocycles. The van der Waals surface area contributed by atoms with Gasteiger partial charge in [0.25, 0.3) is 0 Å². The topological polar surface area (TPSA) is 21.3 Å². The highest BCUT2D eigenvalue weighted by Gasteiger charge is 2.33. The van der Waals surface area contributed by atoms with Crippen molar-refractivity contribution in [1.82, 2.24) is 0 Å². The zero-order valence-electron chi connectivity index (χ0n) is 8.82. The fraction of sp³-hybridized carbons (Fsp3) is 0.455. The van der Waals surface area contributed by atoms with Gasteiger partial charge in [-0.3, -0.25) is 0 Å². The van der Waals surface area contributed by atoms with E-state index in [1.54, 1.807) is 0 Å². The van der Waals surface area contributed by atoms with E-state index in [1.165, 1.54) is 0 Å². The van der Waals surface area contributed by atoms with E-state index in [0.717, 1.165) is 29.9 Å². The van der Waals surface area contributed by atoms with Crippen LogP contribution in [0.3, 0.4) is 0 Å². The van der Waals surface area contributed by atoms with Crippen molar-refractivity contribution in [2.24, 2.45) is 5.41 Å². The summed E-state index contributed by atoms with van der Waals surface area (Å²) in [5.41, 5.74) is 0.986. The second-order valence-electron chi connectivity index (χ2n) is 4.40. The molecule has 1 aliphatic heterocycles. The summed E-state index contributed by atoms with van der Waals surface area (Å²) in [6.07, 6.45) is 0. The molecule has 0 aliphatic carbocycles. The summed E-state index contributed by atoms with van der Waals surface area (Å²) >= 11 is 15.6. The largest absolute Gasteiger partial charge is 0.382 e. The maximum absolute atomic E-state index is 6.12. The standard InChI is InChI=1S/C11H12BrCl2NO/c1-11(5-16-6-11)4-15-10-8(13)2-7(12)3-9(10)14/h2-3,15H,4-6H2,1H3. The molecule has 1 aromatic carbocycles. The number of halogens is 3. The summed E-state index contributed by atoms with van der Waals surface area (Å²) in [6, 6.07) is 3.66. The van der Waals surface area contributed by atoms with Crippen LogP contribution < -0.4 is 5.32 Å². The zero-order valence-corrected chi connectivity index (χ0v) is 11.9. The van der Waals surface area contributed by atoms with Crippen molar-refractivity contribution >= 4 is 44.8 Å². The van der Waals surface area contributed by atoms with E-state index in [0.29, 0.717) is 10.0 Å². The second kappa shape index (κ2) is 4.73. The van der Waals surface area contributed by atoms with Crippen molar-refractivity contribution in [2.45, 2.75) is 6.92 Å². The summed E-state index contributed by atoms with van der Waals surface area (Å²) < 4.78 is 6.07. The van der Waals surface area contributed by atoms with Gasteiger partial charge in [-0.05, 0) is 12.1 Å². The number of ether oxygens (including phenoxy) is 1. The Hall–Kier alpha value is 0.0400. The summed E-state index contributed by atoms with van der Waals surface area (Å²) in [4.78, 5) is 0. The van der Waals surface area contributed by atoms with Crippen molar-refractivity contribution in [1.29, 1.82) is 0 Å². The van der Waals surface area contributed by atoms with Gasteiger partial charge in [0, 0.05) is 16.4 Å². The first kappa shape index (κ1) is 12.5. The van der Waals surface area contributed by atoms with E-state index in [2.05, 4.69) is 28.2 Å². The molecular formula is C11H12BrCl2NO. The molecule has 1 aromatic rings. The molecule has 5 heteroatoms. The molecule has 1 aliphatic rings. The van der Waals surface area contributed by atoms with Crippen LogP contribution in [0.1, 0.15) is 6.92 Å². The molecule has 2 rings (SSSR count). The van der Waals surface area contributed by atoms with Gasteiger partial charge in [0.1, 0.15) is 0 Å². The normalized spacial score (nSPS) is 18.0. The number of benzene rings is 1. The summed E-state index contributed by atoms with van der Waals surface area (Å²) in [5, 5.41) is 4.54. The van der Waals surface area contributed by atoms with Crippen LogP contribution in [0.5, 0.6) is 0 Å². The van der Waals surface area contributed by atoms with Crippen LogP contribution in [0.4, 0.5) is 5.69 Å². The molecule has 1 heterocycles. The Morgan fingerprint density at radius 3 is 2.38 bits per heavy atom. The van der Waals surface area contributed by atoms with E-state index < -0.39 is 0 Å². The van der Waals surface area contributed by atoms with E-state index in [-0.39, 0.29) is 5.41 Å². The molecule has 88 valence electrons. The molecule has 0 saturated carbocycles. The molecule has 0 spiro atoms. The average molecular weight is 325 g/mol. The third-order valence-electron chi connectivity index (χ3n) is 2.60. The number of rotatable bonds is 3. The van der Waals surface area contributed by atoms with Crippen LogP contribution in [0.15, 0.2) is 16.6 Å². The van der Waals surface area contributed by atoms with Crippen molar-refractivity contribution in [3.8, 4) is 0 Å². The smallest absolute Gasteiger partial charge is 0.0719 e. The quantitative estimate of drug-likeness (QED) is 0.899. The molecule has 1 fully saturated rings. The molecule has 0 amide bonds.